The number of hydrogen-bond donors (Lipinski definition) is 1. The minimum Gasteiger partial charge on any atom is -0.368 e. The van der Waals surface area contributed by atoms with Crippen molar-refractivity contribution in [2.24, 2.45) is 5.92 Å². The Hall–Kier alpha value is -3.50. The first-order chi connectivity index (χ1) is 16.2. The summed E-state index contributed by atoms with van der Waals surface area (Å²) < 4.78 is 52.7. The SMILES string of the molecule is Cc1c(F)ccc(C(=O)N2CCC[C@@H](C)[C@H]2CNc2ccc(C(F)(F)F)cn2)c1-n1nccn1. The van der Waals surface area contributed by atoms with Crippen LogP contribution >= 0.6 is 0 Å². The summed E-state index contributed by atoms with van der Waals surface area (Å²) in [7, 11) is 0. The number of benzene rings is 1. The molecular formula is C23H24F4N6O. The Balaban J connectivity index is 1.58. The fraction of sp³-hybridized carbons (Fsp3) is 0.391. The van der Waals surface area contributed by atoms with Crippen molar-refractivity contribution in [3.8, 4) is 5.69 Å². The van der Waals surface area contributed by atoms with Crippen molar-refractivity contribution < 1.29 is 22.4 Å². The summed E-state index contributed by atoms with van der Waals surface area (Å²) in [4.78, 5) is 20.5. The molecule has 0 unspecified atom stereocenters. The van der Waals surface area contributed by atoms with E-state index < -0.39 is 17.6 Å². The number of anilines is 1. The van der Waals surface area contributed by atoms with E-state index in [1.165, 1.54) is 35.4 Å². The Morgan fingerprint density at radius 2 is 1.91 bits per heavy atom. The van der Waals surface area contributed by atoms with Gasteiger partial charge in [0, 0.05) is 24.8 Å². The first kappa shape index (κ1) is 23.7. The predicted octanol–water partition coefficient (Wildman–Crippen LogP) is 4.48. The van der Waals surface area contributed by atoms with Crippen LogP contribution in [0.15, 0.2) is 42.9 Å². The molecule has 1 N–H and O–H groups in total. The summed E-state index contributed by atoms with van der Waals surface area (Å²) in [6.07, 6.45) is 0.919. The Morgan fingerprint density at radius 1 is 1.18 bits per heavy atom. The molecule has 1 fully saturated rings. The number of nitrogens with zero attached hydrogens (tertiary/aromatic N) is 5. The number of hydrogen-bond acceptors (Lipinski definition) is 5. The number of carbonyl (C=O) groups is 1. The van der Waals surface area contributed by atoms with E-state index in [4.69, 9.17) is 0 Å². The molecule has 1 aliphatic rings. The molecule has 3 aromatic rings. The molecule has 2 aromatic heterocycles. The highest BCUT2D eigenvalue weighted by atomic mass is 19.4. The van der Waals surface area contributed by atoms with E-state index in [1.807, 2.05) is 6.92 Å². The van der Waals surface area contributed by atoms with Gasteiger partial charge in [0.2, 0.25) is 0 Å². The average molecular weight is 476 g/mol. The summed E-state index contributed by atoms with van der Waals surface area (Å²) in [6.45, 7) is 4.40. The van der Waals surface area contributed by atoms with Gasteiger partial charge in [0.05, 0.1) is 29.6 Å². The number of pyridine rings is 1. The first-order valence-corrected chi connectivity index (χ1v) is 10.9. The summed E-state index contributed by atoms with van der Waals surface area (Å²) in [5, 5.41) is 11.2. The number of aromatic nitrogens is 4. The largest absolute Gasteiger partial charge is 0.417 e. The molecule has 0 bridgehead atoms. The maximum absolute atomic E-state index is 14.3. The molecule has 0 spiro atoms. The molecule has 2 atom stereocenters. The highest BCUT2D eigenvalue weighted by Crippen LogP contribution is 2.30. The number of likely N-dealkylation sites (tertiary alicyclic amines) is 1. The number of alkyl halides is 3. The van der Waals surface area contributed by atoms with Crippen LogP contribution in [-0.4, -0.2) is 49.9 Å². The van der Waals surface area contributed by atoms with Crippen LogP contribution < -0.4 is 5.32 Å². The van der Waals surface area contributed by atoms with Crippen molar-refractivity contribution >= 4 is 11.7 Å². The molecule has 4 rings (SSSR count). The van der Waals surface area contributed by atoms with E-state index in [9.17, 15) is 22.4 Å². The van der Waals surface area contributed by atoms with Crippen LogP contribution in [0.3, 0.4) is 0 Å². The third-order valence-electron chi connectivity index (χ3n) is 6.17. The normalized spacial score (nSPS) is 18.7. The minimum atomic E-state index is -4.46. The summed E-state index contributed by atoms with van der Waals surface area (Å²) in [5.74, 6) is -0.332. The molecule has 1 aromatic carbocycles. The number of nitrogens with one attached hydrogen (secondary N) is 1. The van der Waals surface area contributed by atoms with Gasteiger partial charge >= 0.3 is 6.18 Å². The first-order valence-electron chi connectivity index (χ1n) is 10.9. The zero-order valence-electron chi connectivity index (χ0n) is 18.7. The van der Waals surface area contributed by atoms with Crippen LogP contribution in [0.2, 0.25) is 0 Å². The molecule has 0 saturated carbocycles. The van der Waals surface area contributed by atoms with Crippen molar-refractivity contribution in [2.45, 2.75) is 38.9 Å². The van der Waals surface area contributed by atoms with Crippen LogP contribution in [-0.2, 0) is 6.18 Å². The molecular weight excluding hydrogens is 452 g/mol. The second-order valence-corrected chi connectivity index (χ2v) is 8.38. The summed E-state index contributed by atoms with van der Waals surface area (Å²) in [5.41, 5.74) is -0.00531. The Morgan fingerprint density at radius 3 is 2.56 bits per heavy atom. The molecule has 0 aliphatic carbocycles. The molecule has 34 heavy (non-hydrogen) atoms. The van der Waals surface area contributed by atoms with Gasteiger partial charge in [0.15, 0.2) is 0 Å². The van der Waals surface area contributed by atoms with Crippen LogP contribution in [0.1, 0.15) is 41.3 Å². The van der Waals surface area contributed by atoms with Crippen LogP contribution in [0.25, 0.3) is 5.69 Å². The van der Waals surface area contributed by atoms with Crippen LogP contribution in [0.5, 0.6) is 0 Å². The van der Waals surface area contributed by atoms with Gasteiger partial charge in [-0.25, -0.2) is 9.37 Å². The lowest BCUT2D eigenvalue weighted by Crippen LogP contribution is -2.51. The standard InChI is InChI=1S/C23H24F4N6O/c1-14-4-3-11-32(19(14)13-29-20-8-5-16(12-28-20)23(25,26)27)22(34)17-6-7-18(24)15(2)21(17)33-30-9-10-31-33/h5-10,12,14,19H,3-4,11,13H2,1-2H3,(H,28,29)/t14-,19-/m1/s1. The third kappa shape index (κ3) is 4.73. The van der Waals surface area contributed by atoms with E-state index in [0.29, 0.717) is 13.1 Å². The van der Waals surface area contributed by atoms with E-state index in [1.54, 1.807) is 11.8 Å². The van der Waals surface area contributed by atoms with Gasteiger partial charge in [-0.15, -0.1) is 0 Å². The van der Waals surface area contributed by atoms with E-state index in [0.717, 1.165) is 25.1 Å². The smallest absolute Gasteiger partial charge is 0.368 e. The Bertz CT molecular complexity index is 1150. The lowest BCUT2D eigenvalue weighted by molar-refractivity contribution is -0.137. The maximum atomic E-state index is 14.3. The van der Waals surface area contributed by atoms with Gasteiger partial charge in [0.1, 0.15) is 17.3 Å². The molecule has 0 radical (unpaired) electrons. The van der Waals surface area contributed by atoms with Gasteiger partial charge in [-0.3, -0.25) is 4.79 Å². The second kappa shape index (κ2) is 9.40. The minimum absolute atomic E-state index is 0.132. The molecule has 1 amide bonds. The fourth-order valence-corrected chi connectivity index (χ4v) is 4.28. The Labute approximate surface area is 193 Å². The van der Waals surface area contributed by atoms with Crippen molar-refractivity contribution in [2.75, 3.05) is 18.4 Å². The molecule has 11 heteroatoms. The monoisotopic (exact) mass is 476 g/mol. The van der Waals surface area contributed by atoms with E-state index in [-0.39, 0.29) is 40.5 Å². The predicted molar refractivity (Wildman–Crippen MR) is 117 cm³/mol. The number of piperidine rings is 1. The zero-order chi connectivity index (χ0) is 24.5. The third-order valence-corrected chi connectivity index (χ3v) is 6.17. The van der Waals surface area contributed by atoms with Crippen molar-refractivity contribution in [1.29, 1.82) is 0 Å². The zero-order valence-corrected chi connectivity index (χ0v) is 18.7. The molecule has 1 saturated heterocycles. The highest BCUT2D eigenvalue weighted by Gasteiger charge is 2.34. The fourth-order valence-electron chi connectivity index (χ4n) is 4.28. The lowest BCUT2D eigenvalue weighted by Gasteiger charge is -2.40. The van der Waals surface area contributed by atoms with E-state index in [2.05, 4.69) is 20.5 Å². The lowest BCUT2D eigenvalue weighted by atomic mass is 9.89. The number of carbonyl (C=O) groups excluding carboxylic acids is 1. The second-order valence-electron chi connectivity index (χ2n) is 8.38. The molecule has 7 nitrogen and oxygen atoms in total. The average Bonchev–Trinajstić information content (AvgIpc) is 3.33. The molecule has 3 heterocycles. The quantitative estimate of drug-likeness (QED) is 0.550. The number of amides is 1. The summed E-state index contributed by atoms with van der Waals surface area (Å²) in [6, 6.07) is 4.68. The van der Waals surface area contributed by atoms with Crippen LogP contribution in [0, 0.1) is 18.7 Å². The van der Waals surface area contributed by atoms with Crippen LogP contribution in [0.4, 0.5) is 23.4 Å². The van der Waals surface area contributed by atoms with Gasteiger partial charge in [-0.05, 0) is 49.9 Å². The number of rotatable bonds is 5. The van der Waals surface area contributed by atoms with E-state index >= 15 is 0 Å². The number of halogens is 4. The van der Waals surface area contributed by atoms with Gasteiger partial charge in [-0.2, -0.15) is 28.2 Å². The highest BCUT2D eigenvalue weighted by molar-refractivity contribution is 5.98. The molecule has 1 aliphatic heterocycles. The van der Waals surface area contributed by atoms with Gasteiger partial charge < -0.3 is 10.2 Å². The Kier molecular flexibility index (Phi) is 6.54. The van der Waals surface area contributed by atoms with Crippen molar-refractivity contribution in [3.05, 3.63) is 65.4 Å². The summed E-state index contributed by atoms with van der Waals surface area (Å²) >= 11 is 0. The van der Waals surface area contributed by atoms with Gasteiger partial charge in [-0.1, -0.05) is 6.92 Å². The van der Waals surface area contributed by atoms with Crippen molar-refractivity contribution in [3.63, 3.8) is 0 Å². The maximum Gasteiger partial charge on any atom is 0.417 e. The van der Waals surface area contributed by atoms with Crippen molar-refractivity contribution in [1.82, 2.24) is 24.9 Å². The van der Waals surface area contributed by atoms with Gasteiger partial charge in [0.25, 0.3) is 5.91 Å². The molecule has 180 valence electrons. The topological polar surface area (TPSA) is 75.9 Å².